The Bertz CT molecular complexity index is 574. The number of rotatable bonds is 6. The highest BCUT2D eigenvalue weighted by molar-refractivity contribution is 7.89. The summed E-state index contributed by atoms with van der Waals surface area (Å²) in [4.78, 5) is 4.12. The van der Waals surface area contributed by atoms with Crippen molar-refractivity contribution in [1.29, 1.82) is 0 Å². The van der Waals surface area contributed by atoms with E-state index >= 15 is 0 Å². The van der Waals surface area contributed by atoms with E-state index in [-0.39, 0.29) is 10.8 Å². The van der Waals surface area contributed by atoms with Gasteiger partial charge < -0.3 is 10.1 Å². The number of anilines is 1. The van der Waals surface area contributed by atoms with E-state index in [2.05, 4.69) is 15.0 Å². The van der Waals surface area contributed by atoms with Crippen molar-refractivity contribution >= 4 is 27.4 Å². The summed E-state index contributed by atoms with van der Waals surface area (Å²) in [6.45, 7) is 4.31. The summed E-state index contributed by atoms with van der Waals surface area (Å²) in [6, 6.07) is 1.41. The molecule has 6 nitrogen and oxygen atoms in total. The highest BCUT2D eigenvalue weighted by Gasteiger charge is 2.20. The SMILES string of the molecule is CCNc1ncc(S(=O)(=O)NCC2CCCOC2)cc1Cl. The molecule has 0 amide bonds. The molecule has 1 fully saturated rings. The molecule has 1 saturated heterocycles. The fourth-order valence-electron chi connectivity index (χ4n) is 2.14. The molecule has 1 aliphatic rings. The lowest BCUT2D eigenvalue weighted by Gasteiger charge is -2.22. The number of halogens is 1. The quantitative estimate of drug-likeness (QED) is 0.830. The van der Waals surface area contributed by atoms with Crippen molar-refractivity contribution in [3.63, 3.8) is 0 Å². The van der Waals surface area contributed by atoms with Gasteiger partial charge in [-0.25, -0.2) is 18.1 Å². The third-order valence-corrected chi connectivity index (χ3v) is 4.97. The largest absolute Gasteiger partial charge is 0.381 e. The van der Waals surface area contributed by atoms with Crippen molar-refractivity contribution < 1.29 is 13.2 Å². The Hall–Kier alpha value is -0.890. The van der Waals surface area contributed by atoms with Crippen LogP contribution in [0.25, 0.3) is 0 Å². The van der Waals surface area contributed by atoms with Gasteiger partial charge in [0.25, 0.3) is 0 Å². The van der Waals surface area contributed by atoms with Crippen molar-refractivity contribution in [2.45, 2.75) is 24.7 Å². The molecule has 1 aromatic heterocycles. The average molecular weight is 334 g/mol. The number of aromatic nitrogens is 1. The third-order valence-electron chi connectivity index (χ3n) is 3.29. The molecule has 0 saturated carbocycles. The molecule has 0 aliphatic carbocycles. The van der Waals surface area contributed by atoms with Crippen LogP contribution in [-0.4, -0.2) is 39.7 Å². The van der Waals surface area contributed by atoms with Crippen LogP contribution in [0.3, 0.4) is 0 Å². The van der Waals surface area contributed by atoms with Crippen LogP contribution in [0, 0.1) is 5.92 Å². The maximum Gasteiger partial charge on any atom is 0.242 e. The summed E-state index contributed by atoms with van der Waals surface area (Å²) >= 11 is 6.03. The second kappa shape index (κ2) is 7.40. The van der Waals surface area contributed by atoms with Crippen molar-refractivity contribution in [2.75, 3.05) is 31.6 Å². The normalized spacial score (nSPS) is 19.4. The minimum absolute atomic E-state index is 0.0749. The molecule has 118 valence electrons. The van der Waals surface area contributed by atoms with E-state index in [0.29, 0.717) is 30.5 Å². The molecule has 1 unspecified atom stereocenters. The third kappa shape index (κ3) is 4.54. The smallest absolute Gasteiger partial charge is 0.242 e. The van der Waals surface area contributed by atoms with Gasteiger partial charge in [0.15, 0.2) is 0 Å². The Balaban J connectivity index is 2.03. The first-order chi connectivity index (χ1) is 10.0. The monoisotopic (exact) mass is 333 g/mol. The predicted molar refractivity (Wildman–Crippen MR) is 82.1 cm³/mol. The lowest BCUT2D eigenvalue weighted by molar-refractivity contribution is 0.0568. The molecule has 0 bridgehead atoms. The van der Waals surface area contributed by atoms with E-state index in [1.54, 1.807) is 0 Å². The summed E-state index contributed by atoms with van der Waals surface area (Å²) in [7, 11) is -3.59. The average Bonchev–Trinajstić information content (AvgIpc) is 2.48. The van der Waals surface area contributed by atoms with Crippen LogP contribution in [0.15, 0.2) is 17.2 Å². The topological polar surface area (TPSA) is 80.3 Å². The number of hydrogen-bond donors (Lipinski definition) is 2. The minimum Gasteiger partial charge on any atom is -0.381 e. The molecule has 0 radical (unpaired) electrons. The standard InChI is InChI=1S/C13H20ClN3O3S/c1-2-15-13-12(14)6-11(8-16-13)21(18,19)17-7-10-4-3-5-20-9-10/h6,8,10,17H,2-5,7,9H2,1H3,(H,15,16). The highest BCUT2D eigenvalue weighted by Crippen LogP contribution is 2.22. The van der Waals surface area contributed by atoms with Gasteiger partial charge in [0, 0.05) is 25.9 Å². The van der Waals surface area contributed by atoms with E-state index in [1.807, 2.05) is 6.92 Å². The van der Waals surface area contributed by atoms with Crippen molar-refractivity contribution in [1.82, 2.24) is 9.71 Å². The van der Waals surface area contributed by atoms with E-state index in [9.17, 15) is 8.42 Å². The molecule has 1 atom stereocenters. The number of pyridine rings is 1. The molecule has 0 aromatic carbocycles. The summed E-state index contributed by atoms with van der Waals surface area (Å²) < 4.78 is 32.4. The van der Waals surface area contributed by atoms with E-state index in [0.717, 1.165) is 19.4 Å². The molecular weight excluding hydrogens is 314 g/mol. The van der Waals surface area contributed by atoms with Gasteiger partial charge in [0.1, 0.15) is 10.7 Å². The summed E-state index contributed by atoms with van der Waals surface area (Å²) in [5.74, 6) is 0.705. The fraction of sp³-hybridized carbons (Fsp3) is 0.615. The second-order valence-electron chi connectivity index (χ2n) is 4.97. The zero-order valence-corrected chi connectivity index (χ0v) is 13.5. The van der Waals surface area contributed by atoms with Crippen LogP contribution in [-0.2, 0) is 14.8 Å². The van der Waals surface area contributed by atoms with Crippen molar-refractivity contribution in [3.05, 3.63) is 17.3 Å². The van der Waals surface area contributed by atoms with Crippen molar-refractivity contribution in [2.24, 2.45) is 5.92 Å². The van der Waals surface area contributed by atoms with Gasteiger partial charge in [-0.05, 0) is 31.7 Å². The molecule has 2 heterocycles. The van der Waals surface area contributed by atoms with Crippen LogP contribution in [0.2, 0.25) is 5.02 Å². The number of hydrogen-bond acceptors (Lipinski definition) is 5. The van der Waals surface area contributed by atoms with E-state index in [1.165, 1.54) is 12.3 Å². The Kier molecular flexibility index (Phi) is 5.80. The Labute approximate surface area is 130 Å². The van der Waals surface area contributed by atoms with Crippen LogP contribution in [0.5, 0.6) is 0 Å². The van der Waals surface area contributed by atoms with Crippen LogP contribution in [0.4, 0.5) is 5.82 Å². The molecule has 2 N–H and O–H groups in total. The van der Waals surface area contributed by atoms with Crippen molar-refractivity contribution in [3.8, 4) is 0 Å². The van der Waals surface area contributed by atoms with E-state index < -0.39 is 10.0 Å². The van der Waals surface area contributed by atoms with Gasteiger partial charge in [-0.1, -0.05) is 11.6 Å². The summed E-state index contributed by atoms with van der Waals surface area (Å²) in [5, 5.41) is 3.26. The number of ether oxygens (including phenoxy) is 1. The van der Waals surface area contributed by atoms with Gasteiger partial charge in [-0.3, -0.25) is 0 Å². The molecule has 2 rings (SSSR count). The van der Waals surface area contributed by atoms with Crippen LogP contribution in [0.1, 0.15) is 19.8 Å². The summed E-state index contributed by atoms with van der Waals surface area (Å²) in [6.07, 6.45) is 3.25. The number of nitrogens with one attached hydrogen (secondary N) is 2. The maximum absolute atomic E-state index is 12.2. The zero-order valence-electron chi connectivity index (χ0n) is 11.9. The number of sulfonamides is 1. The Morgan fingerprint density at radius 3 is 2.95 bits per heavy atom. The predicted octanol–water partition coefficient (Wildman–Crippen LogP) is 1.87. The van der Waals surface area contributed by atoms with Gasteiger partial charge in [-0.15, -0.1) is 0 Å². The Morgan fingerprint density at radius 1 is 1.52 bits per heavy atom. The van der Waals surface area contributed by atoms with Gasteiger partial charge in [0.2, 0.25) is 10.0 Å². The molecular formula is C13H20ClN3O3S. The first kappa shape index (κ1) is 16.5. The maximum atomic E-state index is 12.2. The van der Waals surface area contributed by atoms with Crippen LogP contribution < -0.4 is 10.0 Å². The fourth-order valence-corrected chi connectivity index (χ4v) is 3.53. The first-order valence-electron chi connectivity index (χ1n) is 6.99. The zero-order chi connectivity index (χ0) is 15.3. The van der Waals surface area contributed by atoms with Crippen LogP contribution >= 0.6 is 11.6 Å². The molecule has 0 spiro atoms. The molecule has 1 aromatic rings. The lowest BCUT2D eigenvalue weighted by atomic mass is 10.0. The summed E-state index contributed by atoms with van der Waals surface area (Å²) in [5.41, 5.74) is 0. The van der Waals surface area contributed by atoms with Gasteiger partial charge in [0.05, 0.1) is 11.6 Å². The molecule has 21 heavy (non-hydrogen) atoms. The minimum atomic E-state index is -3.59. The van der Waals surface area contributed by atoms with Gasteiger partial charge in [-0.2, -0.15) is 0 Å². The first-order valence-corrected chi connectivity index (χ1v) is 8.86. The Morgan fingerprint density at radius 2 is 2.33 bits per heavy atom. The van der Waals surface area contributed by atoms with E-state index in [4.69, 9.17) is 16.3 Å². The second-order valence-corrected chi connectivity index (χ2v) is 7.14. The van der Waals surface area contributed by atoms with Gasteiger partial charge >= 0.3 is 0 Å². The molecule has 1 aliphatic heterocycles. The molecule has 8 heteroatoms. The highest BCUT2D eigenvalue weighted by atomic mass is 35.5. The number of nitrogens with zero attached hydrogens (tertiary/aromatic N) is 1. The lowest BCUT2D eigenvalue weighted by Crippen LogP contribution is -2.33.